The van der Waals surface area contributed by atoms with Crippen molar-refractivity contribution in [3.63, 3.8) is 0 Å². The van der Waals surface area contributed by atoms with Crippen molar-refractivity contribution >= 4 is 15.9 Å². The molecule has 3 rings (SSSR count). The van der Waals surface area contributed by atoms with Crippen LogP contribution < -0.4 is 15.0 Å². The highest BCUT2D eigenvalue weighted by Gasteiger charge is 2.19. The Hall–Kier alpha value is -2.38. The standard InChI is InChI=1S/C17H18N2O4S/c1-23-15-8-5-13(6-9-15)17(20)18-19-24(21,22)16-10-7-12-3-2-4-14(12)11-16/h5-11,19H,2-4H2,1H3,(H,18,20). The normalized spacial score (nSPS) is 13.4. The smallest absolute Gasteiger partial charge is 0.266 e. The van der Waals surface area contributed by atoms with Crippen molar-refractivity contribution in [2.24, 2.45) is 0 Å². The van der Waals surface area contributed by atoms with E-state index in [1.165, 1.54) is 12.7 Å². The minimum atomic E-state index is -3.80. The van der Waals surface area contributed by atoms with E-state index in [2.05, 4.69) is 10.3 Å². The Balaban J connectivity index is 1.69. The SMILES string of the molecule is COc1ccc(C(=O)NNS(=O)(=O)c2ccc3c(c2)CCC3)cc1. The summed E-state index contributed by atoms with van der Waals surface area (Å²) in [6.45, 7) is 0. The van der Waals surface area contributed by atoms with Crippen molar-refractivity contribution in [1.29, 1.82) is 0 Å². The predicted molar refractivity (Wildman–Crippen MR) is 89.2 cm³/mol. The largest absolute Gasteiger partial charge is 0.497 e. The van der Waals surface area contributed by atoms with E-state index in [0.29, 0.717) is 11.3 Å². The number of nitrogens with one attached hydrogen (secondary N) is 2. The molecule has 126 valence electrons. The first-order chi connectivity index (χ1) is 11.5. The van der Waals surface area contributed by atoms with Gasteiger partial charge >= 0.3 is 0 Å². The molecule has 1 aliphatic rings. The first-order valence-corrected chi connectivity index (χ1v) is 9.06. The summed E-state index contributed by atoms with van der Waals surface area (Å²) in [5.74, 6) is 0.0765. The number of amides is 1. The number of carbonyl (C=O) groups is 1. The van der Waals surface area contributed by atoms with Crippen molar-refractivity contribution < 1.29 is 17.9 Å². The highest BCUT2D eigenvalue weighted by molar-refractivity contribution is 7.89. The van der Waals surface area contributed by atoms with Gasteiger partial charge in [-0.3, -0.25) is 10.2 Å². The molecular weight excluding hydrogens is 328 g/mol. The zero-order chi connectivity index (χ0) is 17.2. The number of ether oxygens (including phenoxy) is 1. The van der Waals surface area contributed by atoms with Gasteiger partial charge < -0.3 is 4.74 Å². The van der Waals surface area contributed by atoms with Crippen LogP contribution in [0.2, 0.25) is 0 Å². The molecule has 0 heterocycles. The molecule has 2 aromatic carbocycles. The molecule has 2 aromatic rings. The van der Waals surface area contributed by atoms with Crippen LogP contribution in [0.1, 0.15) is 27.9 Å². The molecule has 7 heteroatoms. The van der Waals surface area contributed by atoms with Crippen LogP contribution >= 0.6 is 0 Å². The van der Waals surface area contributed by atoms with Crippen molar-refractivity contribution in [1.82, 2.24) is 10.3 Å². The number of aryl methyl sites for hydroxylation is 2. The molecule has 0 aliphatic heterocycles. The lowest BCUT2D eigenvalue weighted by molar-refractivity contribution is 0.0945. The molecule has 1 aliphatic carbocycles. The molecule has 0 aromatic heterocycles. The van der Waals surface area contributed by atoms with Crippen LogP contribution in [0.15, 0.2) is 47.4 Å². The summed E-state index contributed by atoms with van der Waals surface area (Å²) in [5.41, 5.74) is 4.80. The van der Waals surface area contributed by atoms with Crippen LogP contribution in [0.25, 0.3) is 0 Å². The lowest BCUT2D eigenvalue weighted by Crippen LogP contribution is -2.41. The molecule has 0 fully saturated rings. The average Bonchev–Trinajstić information content (AvgIpc) is 3.07. The van der Waals surface area contributed by atoms with Gasteiger partial charge in [0.25, 0.3) is 15.9 Å². The number of sulfonamides is 1. The molecule has 6 nitrogen and oxygen atoms in total. The van der Waals surface area contributed by atoms with Crippen LogP contribution in [0.5, 0.6) is 5.75 Å². The van der Waals surface area contributed by atoms with Crippen LogP contribution in [-0.2, 0) is 22.9 Å². The van der Waals surface area contributed by atoms with Gasteiger partial charge in [0.05, 0.1) is 12.0 Å². The first-order valence-electron chi connectivity index (χ1n) is 7.57. The Morgan fingerprint density at radius 3 is 2.46 bits per heavy atom. The Kier molecular flexibility index (Phi) is 4.55. The second-order valence-corrected chi connectivity index (χ2v) is 7.25. The summed E-state index contributed by atoms with van der Waals surface area (Å²) in [7, 11) is -2.28. The predicted octanol–water partition coefficient (Wildman–Crippen LogP) is 1.81. The lowest BCUT2D eigenvalue weighted by atomic mass is 10.1. The number of fused-ring (bicyclic) bond motifs is 1. The second-order valence-electron chi connectivity index (χ2n) is 5.57. The molecule has 0 atom stereocenters. The Morgan fingerprint density at radius 1 is 1.04 bits per heavy atom. The number of hydrogen-bond acceptors (Lipinski definition) is 4. The van der Waals surface area contributed by atoms with Crippen LogP contribution in [-0.4, -0.2) is 21.4 Å². The van der Waals surface area contributed by atoms with E-state index in [4.69, 9.17) is 4.74 Å². The third-order valence-corrected chi connectivity index (χ3v) is 5.28. The van der Waals surface area contributed by atoms with E-state index >= 15 is 0 Å². The van der Waals surface area contributed by atoms with Gasteiger partial charge in [0, 0.05) is 5.56 Å². The van der Waals surface area contributed by atoms with Crippen molar-refractivity contribution in [2.45, 2.75) is 24.2 Å². The van der Waals surface area contributed by atoms with Gasteiger partial charge in [-0.05, 0) is 66.8 Å². The van der Waals surface area contributed by atoms with E-state index in [1.54, 1.807) is 36.4 Å². The number of carbonyl (C=O) groups excluding carboxylic acids is 1. The first kappa shape index (κ1) is 16.5. The fourth-order valence-corrected chi connectivity index (χ4v) is 3.59. The van der Waals surface area contributed by atoms with Gasteiger partial charge in [-0.25, -0.2) is 8.42 Å². The highest BCUT2D eigenvalue weighted by atomic mass is 32.2. The summed E-state index contributed by atoms with van der Waals surface area (Å²) < 4.78 is 29.7. The zero-order valence-corrected chi connectivity index (χ0v) is 14.0. The molecule has 1 amide bonds. The fourth-order valence-electron chi connectivity index (χ4n) is 2.70. The molecule has 0 saturated carbocycles. The van der Waals surface area contributed by atoms with E-state index < -0.39 is 15.9 Å². The van der Waals surface area contributed by atoms with E-state index in [1.807, 2.05) is 6.07 Å². The van der Waals surface area contributed by atoms with Crippen LogP contribution in [0.4, 0.5) is 0 Å². The molecule has 0 spiro atoms. The average molecular weight is 346 g/mol. The zero-order valence-electron chi connectivity index (χ0n) is 13.2. The minimum Gasteiger partial charge on any atom is -0.497 e. The maximum absolute atomic E-state index is 12.3. The molecule has 0 unspecified atom stereocenters. The van der Waals surface area contributed by atoms with Crippen molar-refractivity contribution in [3.8, 4) is 5.75 Å². The molecule has 0 saturated heterocycles. The number of hydrazine groups is 1. The van der Waals surface area contributed by atoms with E-state index in [9.17, 15) is 13.2 Å². The quantitative estimate of drug-likeness (QED) is 0.809. The third-order valence-electron chi connectivity index (χ3n) is 4.03. The Morgan fingerprint density at radius 2 is 1.75 bits per heavy atom. The summed E-state index contributed by atoms with van der Waals surface area (Å²) >= 11 is 0. The van der Waals surface area contributed by atoms with Gasteiger partial charge in [0.15, 0.2) is 0 Å². The maximum Gasteiger partial charge on any atom is 0.266 e. The highest BCUT2D eigenvalue weighted by Crippen LogP contribution is 2.24. The molecule has 0 bridgehead atoms. The molecule has 2 N–H and O–H groups in total. The number of benzene rings is 2. The van der Waals surface area contributed by atoms with Gasteiger partial charge in [0.2, 0.25) is 0 Å². The van der Waals surface area contributed by atoms with E-state index in [0.717, 1.165) is 24.8 Å². The monoisotopic (exact) mass is 346 g/mol. The van der Waals surface area contributed by atoms with Crippen molar-refractivity contribution in [3.05, 3.63) is 59.2 Å². The van der Waals surface area contributed by atoms with Gasteiger partial charge in [0.1, 0.15) is 5.75 Å². The van der Waals surface area contributed by atoms with E-state index in [-0.39, 0.29) is 4.90 Å². The third kappa shape index (κ3) is 3.42. The van der Waals surface area contributed by atoms with Crippen LogP contribution in [0.3, 0.4) is 0 Å². The lowest BCUT2D eigenvalue weighted by Gasteiger charge is -2.10. The van der Waals surface area contributed by atoms with Gasteiger partial charge in [-0.1, -0.05) is 6.07 Å². The summed E-state index contributed by atoms with van der Waals surface area (Å²) in [4.78, 5) is 14.3. The second kappa shape index (κ2) is 6.62. The summed E-state index contributed by atoms with van der Waals surface area (Å²) in [6, 6.07) is 11.4. The van der Waals surface area contributed by atoms with Crippen LogP contribution in [0, 0.1) is 0 Å². The van der Waals surface area contributed by atoms with Gasteiger partial charge in [-0.15, -0.1) is 4.83 Å². The number of methoxy groups -OCH3 is 1. The fraction of sp³-hybridized carbons (Fsp3) is 0.235. The Bertz CT molecular complexity index is 861. The summed E-state index contributed by atoms with van der Waals surface area (Å²) in [5, 5.41) is 0. The molecule has 24 heavy (non-hydrogen) atoms. The number of hydrogen-bond donors (Lipinski definition) is 2. The topological polar surface area (TPSA) is 84.5 Å². The van der Waals surface area contributed by atoms with Crippen molar-refractivity contribution in [2.75, 3.05) is 7.11 Å². The van der Waals surface area contributed by atoms with Gasteiger partial charge in [-0.2, -0.15) is 0 Å². The Labute approximate surface area is 140 Å². The maximum atomic E-state index is 12.3. The summed E-state index contributed by atoms with van der Waals surface area (Å²) in [6.07, 6.45) is 2.91. The molecule has 0 radical (unpaired) electrons. The minimum absolute atomic E-state index is 0.151. The molecular formula is C17H18N2O4S. The number of rotatable bonds is 5.